The highest BCUT2D eigenvalue weighted by atomic mass is 35.5. The summed E-state index contributed by atoms with van der Waals surface area (Å²) in [6.45, 7) is 6.79. The molecule has 0 aromatic heterocycles. The zero-order valence-corrected chi connectivity index (χ0v) is 23.5. The second kappa shape index (κ2) is 12.2. The Morgan fingerprint density at radius 1 is 1.05 bits per heavy atom. The molecule has 1 atom stereocenters. The zero-order valence-electron chi connectivity index (χ0n) is 21.2. The molecule has 37 heavy (non-hydrogen) atoms. The van der Waals surface area contributed by atoms with Gasteiger partial charge in [-0.2, -0.15) is 0 Å². The Kier molecular flexibility index (Phi) is 9.55. The van der Waals surface area contributed by atoms with Crippen molar-refractivity contribution in [2.75, 3.05) is 29.9 Å². The van der Waals surface area contributed by atoms with Crippen molar-refractivity contribution in [2.24, 2.45) is 5.92 Å². The Morgan fingerprint density at radius 2 is 1.70 bits per heavy atom. The third-order valence-corrected chi connectivity index (χ3v) is 8.31. The molecule has 2 aromatic carbocycles. The van der Waals surface area contributed by atoms with Gasteiger partial charge in [0.05, 0.1) is 11.4 Å². The molecule has 1 unspecified atom stereocenters. The van der Waals surface area contributed by atoms with Crippen LogP contribution in [0.3, 0.4) is 0 Å². The van der Waals surface area contributed by atoms with Crippen molar-refractivity contribution >= 4 is 50.7 Å². The molecule has 12 heteroatoms. The van der Waals surface area contributed by atoms with Crippen LogP contribution in [0.4, 0.5) is 5.69 Å². The average Bonchev–Trinajstić information content (AvgIpc) is 3.33. The summed E-state index contributed by atoms with van der Waals surface area (Å²) in [6, 6.07) is 8.66. The first-order valence-electron chi connectivity index (χ1n) is 11.8. The fourth-order valence-corrected chi connectivity index (χ4v) is 5.22. The lowest BCUT2D eigenvalue weighted by molar-refractivity contribution is -0.139. The first kappa shape index (κ1) is 28.9. The number of sulfonamides is 1. The largest absolute Gasteiger partial charge is 0.454 e. The number of hydrogen-bond donors (Lipinski definition) is 1. The van der Waals surface area contributed by atoms with E-state index in [1.807, 2.05) is 13.8 Å². The normalized spacial score (nSPS) is 13.4. The number of rotatable bonds is 11. The van der Waals surface area contributed by atoms with Crippen LogP contribution in [0.2, 0.25) is 10.0 Å². The van der Waals surface area contributed by atoms with E-state index in [2.05, 4.69) is 5.32 Å². The van der Waals surface area contributed by atoms with Gasteiger partial charge in [-0.05, 0) is 44.0 Å². The fourth-order valence-electron chi connectivity index (χ4n) is 3.65. The lowest BCUT2D eigenvalue weighted by atomic mass is 10.1. The minimum absolute atomic E-state index is 0.0214. The van der Waals surface area contributed by atoms with Crippen LogP contribution in [0.15, 0.2) is 36.4 Å². The number of anilines is 1. The van der Waals surface area contributed by atoms with Gasteiger partial charge in [-0.25, -0.2) is 8.42 Å². The minimum Gasteiger partial charge on any atom is -0.454 e. The van der Waals surface area contributed by atoms with Crippen molar-refractivity contribution < 1.29 is 27.5 Å². The molecular formula is C25H31Cl2N3O6S. The molecule has 0 bridgehead atoms. The van der Waals surface area contributed by atoms with Gasteiger partial charge in [0.1, 0.15) is 12.6 Å². The monoisotopic (exact) mass is 571 g/mol. The third kappa shape index (κ3) is 7.00. The summed E-state index contributed by atoms with van der Waals surface area (Å²) in [5.74, 6) is -0.155. The minimum atomic E-state index is -3.88. The predicted molar refractivity (Wildman–Crippen MR) is 144 cm³/mol. The maximum absolute atomic E-state index is 13.7. The van der Waals surface area contributed by atoms with Crippen molar-refractivity contribution in [2.45, 2.75) is 40.3 Å². The smallest absolute Gasteiger partial charge is 0.244 e. The van der Waals surface area contributed by atoms with Crippen LogP contribution < -0.4 is 19.1 Å². The number of carbonyl (C=O) groups excluding carboxylic acids is 2. The molecule has 1 aliphatic heterocycles. The molecule has 2 amide bonds. The summed E-state index contributed by atoms with van der Waals surface area (Å²) in [7, 11) is -3.88. The maximum Gasteiger partial charge on any atom is 0.244 e. The molecule has 0 fully saturated rings. The highest BCUT2D eigenvalue weighted by Crippen LogP contribution is 2.36. The second-order valence-corrected chi connectivity index (χ2v) is 12.0. The Hall–Kier alpha value is -2.69. The molecule has 0 radical (unpaired) electrons. The zero-order chi connectivity index (χ0) is 27.3. The lowest BCUT2D eigenvalue weighted by Crippen LogP contribution is -2.51. The summed E-state index contributed by atoms with van der Waals surface area (Å²) in [5.41, 5.74) is 0.697. The quantitative estimate of drug-likeness (QED) is 0.436. The Labute approximate surface area is 227 Å². The number of fused-ring (bicyclic) bond motifs is 1. The highest BCUT2D eigenvalue weighted by molar-refractivity contribution is 7.92. The van der Waals surface area contributed by atoms with Crippen LogP contribution in [0.25, 0.3) is 0 Å². The van der Waals surface area contributed by atoms with E-state index in [1.54, 1.807) is 37.3 Å². The maximum atomic E-state index is 13.7. The van der Waals surface area contributed by atoms with Crippen LogP contribution in [0.1, 0.15) is 33.3 Å². The van der Waals surface area contributed by atoms with E-state index in [4.69, 9.17) is 32.7 Å². The van der Waals surface area contributed by atoms with Gasteiger partial charge in [0.25, 0.3) is 0 Å². The van der Waals surface area contributed by atoms with Crippen LogP contribution in [0, 0.1) is 5.92 Å². The van der Waals surface area contributed by atoms with E-state index in [9.17, 15) is 18.0 Å². The van der Waals surface area contributed by atoms with Crippen molar-refractivity contribution in [3.63, 3.8) is 0 Å². The molecule has 3 rings (SSSR count). The van der Waals surface area contributed by atoms with E-state index < -0.39 is 28.5 Å². The Balaban J connectivity index is 1.96. The van der Waals surface area contributed by atoms with Crippen LogP contribution >= 0.6 is 23.2 Å². The number of nitrogens with one attached hydrogen (secondary N) is 1. The summed E-state index contributed by atoms with van der Waals surface area (Å²) < 4.78 is 37.9. The highest BCUT2D eigenvalue weighted by Gasteiger charge is 2.32. The van der Waals surface area contributed by atoms with E-state index in [-0.39, 0.29) is 36.6 Å². The lowest BCUT2D eigenvalue weighted by Gasteiger charge is -2.32. The number of ether oxygens (including phenoxy) is 2. The SMILES string of the molecule is CCS(=O)(=O)N(CC(=O)N(Cc1c(Cl)cccc1Cl)C(C)C(=O)NCC(C)C)c1ccc2c(c1)OCO2. The van der Waals surface area contributed by atoms with Gasteiger partial charge in [-0.3, -0.25) is 13.9 Å². The summed E-state index contributed by atoms with van der Waals surface area (Å²) in [4.78, 5) is 28.0. The Morgan fingerprint density at radius 3 is 2.32 bits per heavy atom. The molecule has 2 aromatic rings. The van der Waals surface area contributed by atoms with Crippen LogP contribution in [-0.2, 0) is 26.2 Å². The van der Waals surface area contributed by atoms with Crippen molar-refractivity contribution in [3.05, 3.63) is 52.0 Å². The van der Waals surface area contributed by atoms with E-state index >= 15 is 0 Å². The summed E-state index contributed by atoms with van der Waals surface area (Å²) in [6.07, 6.45) is 0. The standard InChI is InChI=1S/C25H31Cl2N3O6S/c1-5-37(33,34)30(18-9-10-22-23(11-18)36-15-35-22)14-24(31)29(17(4)25(32)28-12-16(2)3)13-19-20(26)7-6-8-21(19)27/h6-11,16-17H,5,12-15H2,1-4H3,(H,28,32). The van der Waals surface area contributed by atoms with Gasteiger partial charge in [-0.15, -0.1) is 0 Å². The van der Waals surface area contributed by atoms with E-state index in [1.165, 1.54) is 17.9 Å². The van der Waals surface area contributed by atoms with Crippen molar-refractivity contribution in [1.29, 1.82) is 0 Å². The molecule has 202 valence electrons. The van der Waals surface area contributed by atoms with Gasteiger partial charge in [0.2, 0.25) is 28.6 Å². The molecule has 1 heterocycles. The molecule has 0 saturated carbocycles. The van der Waals surface area contributed by atoms with Gasteiger partial charge in [0, 0.05) is 34.8 Å². The van der Waals surface area contributed by atoms with Gasteiger partial charge in [0.15, 0.2) is 11.5 Å². The number of halogens is 2. The van der Waals surface area contributed by atoms with Gasteiger partial charge >= 0.3 is 0 Å². The van der Waals surface area contributed by atoms with Crippen LogP contribution in [0.5, 0.6) is 11.5 Å². The second-order valence-electron chi connectivity index (χ2n) is 8.98. The Bertz CT molecular complexity index is 1230. The third-order valence-electron chi connectivity index (χ3n) is 5.87. The first-order valence-corrected chi connectivity index (χ1v) is 14.2. The first-order chi connectivity index (χ1) is 17.4. The molecule has 1 N–H and O–H groups in total. The number of amides is 2. The molecule has 0 spiro atoms. The molecule has 9 nitrogen and oxygen atoms in total. The average molecular weight is 573 g/mol. The molecule has 0 aliphatic carbocycles. The van der Waals surface area contributed by atoms with Crippen molar-refractivity contribution in [1.82, 2.24) is 10.2 Å². The summed E-state index contributed by atoms with van der Waals surface area (Å²) >= 11 is 12.7. The topological polar surface area (TPSA) is 105 Å². The fraction of sp³-hybridized carbons (Fsp3) is 0.440. The predicted octanol–water partition coefficient (Wildman–Crippen LogP) is 4.07. The summed E-state index contributed by atoms with van der Waals surface area (Å²) in [5, 5.41) is 3.48. The van der Waals surface area contributed by atoms with E-state index in [0.29, 0.717) is 33.7 Å². The van der Waals surface area contributed by atoms with E-state index in [0.717, 1.165) is 4.31 Å². The molecule has 1 aliphatic rings. The molecule has 0 saturated heterocycles. The van der Waals surface area contributed by atoms with Crippen LogP contribution in [-0.4, -0.2) is 56.8 Å². The van der Waals surface area contributed by atoms with Gasteiger partial charge in [-0.1, -0.05) is 43.1 Å². The van der Waals surface area contributed by atoms with Crippen molar-refractivity contribution in [3.8, 4) is 11.5 Å². The number of hydrogen-bond acceptors (Lipinski definition) is 6. The van der Waals surface area contributed by atoms with Gasteiger partial charge < -0.3 is 19.7 Å². The number of nitrogens with zero attached hydrogens (tertiary/aromatic N) is 2. The number of benzene rings is 2. The number of carbonyl (C=O) groups is 2. The molecular weight excluding hydrogens is 541 g/mol.